The molecule has 7 N–H and O–H groups in total. The second kappa shape index (κ2) is 35.1. The number of aliphatic hydroxyl groups is 3. The number of carbonyl (C=O) groups is 8. The number of Topliss-reactive ketones (excluding diaryl/α,β-unsaturated/α-hetero) is 3. The van der Waals surface area contributed by atoms with Crippen LogP contribution in [0, 0.1) is 29.6 Å². The van der Waals surface area contributed by atoms with E-state index in [1.165, 1.54) is 37.4 Å². The Bertz CT molecular complexity index is 2780. The number of ketones is 3. The number of carboxylic acids is 1. The first-order chi connectivity index (χ1) is 43.3. The summed E-state index contributed by atoms with van der Waals surface area (Å²) in [7, 11) is 3.03. The van der Waals surface area contributed by atoms with E-state index in [-0.39, 0.29) is 87.7 Å². The van der Waals surface area contributed by atoms with Gasteiger partial charge in [0.1, 0.15) is 42.3 Å². The number of ether oxygens (including phenoxy) is 6. The van der Waals surface area contributed by atoms with Crippen LogP contribution in [0.4, 0.5) is 10.7 Å². The van der Waals surface area contributed by atoms with Gasteiger partial charge in [0.25, 0.3) is 11.7 Å². The molecule has 6 rings (SSSR count). The van der Waals surface area contributed by atoms with Crippen LogP contribution in [-0.4, -0.2) is 208 Å². The van der Waals surface area contributed by atoms with Gasteiger partial charge in [0.05, 0.1) is 37.9 Å². The lowest BCUT2D eigenvalue weighted by Crippen LogP contribution is -2.61. The fraction of sp³-hybridized carbons (Fsp3) is 0.697. The summed E-state index contributed by atoms with van der Waals surface area (Å²) in [6.45, 7) is 13.3. The standard InChI is InChI=1S/C66H99N7O18/c1-10-27-88-28-23-56(75)72-26-25-71(38-50(72)62(81)82)64-68-35-46(36-69-64)37-70-65(84)90-52-22-20-45(32-55(52)87-9)31-48(67)54-34-51(74)41(4)30-43(6)58(77)59(78)57(76)42(5)29-39(2)16-12-11-13-17-40(3)53(86-8)33-47-21-19-44(7)66(85,91-47)60(79)61(80)73-24-15-14-18-49(73)63(83)89-54/h11-13,16-17,30,35-36,39,41-42,44-45,47-50,52-55,58-59,77-78,85H,10,14-15,18-29,31-34,37-38,67H2,1-9H3,(H,70,84)(H,81,82)/b13-11+,16-12+,40-17+,43-30+/t39-,41-,42-,44-,45+,47+,48-,49+,50-,52-,53+,54+,55-,58-,59+,66-/m1/s1. The third-order valence-electron chi connectivity index (χ3n) is 18.4. The Labute approximate surface area is 534 Å². The summed E-state index contributed by atoms with van der Waals surface area (Å²) in [5.41, 5.74) is 8.52. The van der Waals surface area contributed by atoms with Gasteiger partial charge in [0, 0.05) is 102 Å². The van der Waals surface area contributed by atoms with Crippen LogP contribution in [0.15, 0.2) is 60.0 Å². The molecule has 4 aliphatic heterocycles. The highest BCUT2D eigenvalue weighted by molar-refractivity contribution is 6.39. The molecule has 3 saturated heterocycles. The molecule has 91 heavy (non-hydrogen) atoms. The molecule has 0 aromatic carbocycles. The zero-order chi connectivity index (χ0) is 66.7. The molecule has 0 radical (unpaired) electrons. The molecule has 1 saturated carbocycles. The Balaban J connectivity index is 1.14. The maximum Gasteiger partial charge on any atom is 0.407 e. The topological polar surface area (TPSA) is 346 Å². The van der Waals surface area contributed by atoms with Crippen molar-refractivity contribution in [2.45, 2.75) is 212 Å². The van der Waals surface area contributed by atoms with Gasteiger partial charge in [-0.15, -0.1) is 0 Å². The van der Waals surface area contributed by atoms with E-state index in [1.807, 2.05) is 51.2 Å². The van der Waals surface area contributed by atoms with Gasteiger partial charge in [-0.3, -0.25) is 24.0 Å². The fourth-order valence-electron chi connectivity index (χ4n) is 12.8. The summed E-state index contributed by atoms with van der Waals surface area (Å²) >= 11 is 0. The second-order valence-electron chi connectivity index (χ2n) is 25.4. The minimum absolute atomic E-state index is 0.00171. The molecular formula is C66H99N7O18. The number of methoxy groups -OCH3 is 2. The number of alkyl carbamates (subject to hydrolysis) is 1. The molecule has 25 nitrogen and oxygen atoms in total. The van der Waals surface area contributed by atoms with Crippen LogP contribution in [0.25, 0.3) is 0 Å². The van der Waals surface area contributed by atoms with Crippen LogP contribution in [0.5, 0.6) is 0 Å². The van der Waals surface area contributed by atoms with Crippen LogP contribution in [-0.2, 0) is 68.5 Å². The van der Waals surface area contributed by atoms with E-state index < -0.39 is 132 Å². The van der Waals surface area contributed by atoms with E-state index in [0.29, 0.717) is 70.1 Å². The molecule has 506 valence electrons. The second-order valence-corrected chi connectivity index (χ2v) is 25.4. The number of anilines is 1. The number of carbonyl (C=O) groups excluding carboxylic acids is 7. The molecule has 2 bridgehead atoms. The molecule has 0 spiro atoms. The van der Waals surface area contributed by atoms with Gasteiger partial charge in [-0.05, 0) is 107 Å². The largest absolute Gasteiger partial charge is 0.480 e. The number of hydrogen-bond donors (Lipinski definition) is 6. The molecular weight excluding hydrogens is 1180 g/mol. The average Bonchev–Trinajstić information content (AvgIpc) is 0.846. The number of fused-ring (bicyclic) bond motifs is 3. The number of piperidine rings is 1. The fourth-order valence-corrected chi connectivity index (χ4v) is 12.8. The molecule has 4 fully saturated rings. The van der Waals surface area contributed by atoms with Crippen molar-refractivity contribution < 1.29 is 87.2 Å². The quantitative estimate of drug-likeness (QED) is 0.0591. The lowest BCUT2D eigenvalue weighted by atomic mass is 9.80. The number of piperazine rings is 1. The summed E-state index contributed by atoms with van der Waals surface area (Å²) in [6.07, 6.45) is 10.2. The van der Waals surface area contributed by atoms with E-state index in [9.17, 15) is 58.8 Å². The Hall–Kier alpha value is -6.32. The van der Waals surface area contributed by atoms with Gasteiger partial charge in [-0.2, -0.15) is 0 Å². The van der Waals surface area contributed by atoms with Crippen LogP contribution >= 0.6 is 0 Å². The summed E-state index contributed by atoms with van der Waals surface area (Å²) in [6, 6.07) is -3.39. The monoisotopic (exact) mass is 1280 g/mol. The lowest BCUT2D eigenvalue weighted by Gasteiger charge is -2.42. The summed E-state index contributed by atoms with van der Waals surface area (Å²) in [5, 5.41) is 47.2. The molecule has 1 aliphatic carbocycles. The number of nitrogens with one attached hydrogen (secondary N) is 1. The number of esters is 1. The van der Waals surface area contributed by atoms with Gasteiger partial charge < -0.3 is 74.6 Å². The minimum atomic E-state index is -2.52. The summed E-state index contributed by atoms with van der Waals surface area (Å²) < 4.78 is 35.4. The SMILES string of the molecule is CCCOCCC(=O)N1CCN(c2ncc(CNC(=O)O[C@@H]3CC[C@@H](C[C@@H](N)[C@@H]4CC(=O)[C@H](C)/C=C(\C)[C@@H](O)[C@@H](O)C(=O)[C@H](C)C[C@H](C)/C=C/C=C/C=C(\C)[C@@H](OC)C[C@@H]5CC[C@@H](C)[C@@](O)(O5)C(=O)C(=O)N5CCCC[C@H]5C(=O)O4)C[C@H]3OC)cn2)C[C@@H]1C(=O)O. The highest BCUT2D eigenvalue weighted by Gasteiger charge is 2.53. The van der Waals surface area contributed by atoms with Gasteiger partial charge in [-0.25, -0.2) is 24.4 Å². The van der Waals surface area contributed by atoms with E-state index in [2.05, 4.69) is 15.3 Å². The number of aliphatic hydroxyl groups excluding tert-OH is 2. The molecule has 3 amide bonds. The normalized spacial score (nSPS) is 33.9. The molecule has 1 aromatic rings. The molecule has 25 heteroatoms. The van der Waals surface area contributed by atoms with Crippen LogP contribution < -0.4 is 16.0 Å². The van der Waals surface area contributed by atoms with E-state index in [4.69, 9.17) is 34.2 Å². The third kappa shape index (κ3) is 20.3. The molecule has 5 heterocycles. The smallest absolute Gasteiger partial charge is 0.407 e. The first kappa shape index (κ1) is 73.7. The number of amides is 3. The van der Waals surface area contributed by atoms with Gasteiger partial charge >= 0.3 is 18.0 Å². The number of aliphatic carboxylic acids is 1. The van der Waals surface area contributed by atoms with Gasteiger partial charge in [0.2, 0.25) is 17.6 Å². The number of aromatic nitrogens is 2. The third-order valence-corrected chi connectivity index (χ3v) is 18.4. The molecule has 16 atom stereocenters. The van der Waals surface area contributed by atoms with Crippen LogP contribution in [0.2, 0.25) is 0 Å². The highest BCUT2D eigenvalue weighted by Crippen LogP contribution is 2.38. The number of cyclic esters (lactones) is 1. The maximum absolute atomic E-state index is 14.6. The Morgan fingerprint density at radius 3 is 2.29 bits per heavy atom. The van der Waals surface area contributed by atoms with Crippen molar-refractivity contribution in [3.8, 4) is 0 Å². The summed E-state index contributed by atoms with van der Waals surface area (Å²) in [4.78, 5) is 123. The first-order valence-corrected chi connectivity index (χ1v) is 32.3. The number of hydrogen-bond acceptors (Lipinski definition) is 21. The van der Waals surface area contributed by atoms with Crippen molar-refractivity contribution in [3.05, 3.63) is 65.6 Å². The molecule has 0 unspecified atom stereocenters. The maximum atomic E-state index is 14.6. The van der Waals surface area contributed by atoms with Crippen molar-refractivity contribution in [2.75, 3.05) is 58.5 Å². The number of allylic oxidation sites excluding steroid dienone is 6. The van der Waals surface area contributed by atoms with E-state index in [0.717, 1.165) is 16.9 Å². The zero-order valence-corrected chi connectivity index (χ0v) is 54.4. The first-order valence-electron chi connectivity index (χ1n) is 32.3. The highest BCUT2D eigenvalue weighted by atomic mass is 16.6. The van der Waals surface area contributed by atoms with Crippen LogP contribution in [0.3, 0.4) is 0 Å². The lowest BCUT2D eigenvalue weighted by molar-refractivity contribution is -0.265. The molecule has 5 aliphatic rings. The van der Waals surface area contributed by atoms with Crippen molar-refractivity contribution in [1.29, 1.82) is 0 Å². The van der Waals surface area contributed by atoms with E-state index >= 15 is 0 Å². The van der Waals surface area contributed by atoms with Gasteiger partial charge in [0.15, 0.2) is 5.78 Å². The predicted octanol–water partition coefficient (Wildman–Crippen LogP) is 4.86. The van der Waals surface area contributed by atoms with Crippen molar-refractivity contribution in [2.24, 2.45) is 35.3 Å². The summed E-state index contributed by atoms with van der Waals surface area (Å²) in [5.74, 6) is -10.6. The predicted molar refractivity (Wildman–Crippen MR) is 333 cm³/mol. The number of nitrogens with zero attached hydrogens (tertiary/aromatic N) is 5. The Kier molecular flexibility index (Phi) is 28.4. The van der Waals surface area contributed by atoms with E-state index in [1.54, 1.807) is 32.8 Å². The Morgan fingerprint density at radius 1 is 0.857 bits per heavy atom. The minimum Gasteiger partial charge on any atom is -0.480 e. The molecule has 1 aromatic heterocycles. The van der Waals surface area contributed by atoms with Crippen LogP contribution in [0.1, 0.15) is 144 Å². The van der Waals surface area contributed by atoms with Gasteiger partial charge in [-0.1, -0.05) is 71.1 Å². The number of carboxylic acid groups (broad SMARTS) is 1. The number of nitrogens with two attached hydrogens (primary N) is 1. The number of rotatable bonds is 15. The Morgan fingerprint density at radius 2 is 1.59 bits per heavy atom. The van der Waals surface area contributed by atoms with Crippen molar-refractivity contribution >= 4 is 53.1 Å². The zero-order valence-electron chi connectivity index (χ0n) is 54.4. The van der Waals surface area contributed by atoms with Crippen molar-refractivity contribution in [3.63, 3.8) is 0 Å². The average molecular weight is 1280 g/mol. The van der Waals surface area contributed by atoms with Crippen molar-refractivity contribution in [1.82, 2.24) is 25.1 Å².